The van der Waals surface area contributed by atoms with Crippen LogP contribution in [0, 0.1) is 10.8 Å². The Kier molecular flexibility index (Phi) is 2.16. The van der Waals surface area contributed by atoms with Gasteiger partial charge in [-0.1, -0.05) is 19.8 Å². The minimum atomic E-state index is -0.271. The summed E-state index contributed by atoms with van der Waals surface area (Å²) in [6.45, 7) is 2.35. The van der Waals surface area contributed by atoms with Crippen molar-refractivity contribution in [2.45, 2.75) is 51.6 Å². The summed E-state index contributed by atoms with van der Waals surface area (Å²) in [7, 11) is 0. The fourth-order valence-corrected chi connectivity index (χ4v) is 3.47. The number of aliphatic hydroxyl groups excluding tert-OH is 2. The third-order valence-electron chi connectivity index (χ3n) is 4.40. The van der Waals surface area contributed by atoms with Gasteiger partial charge >= 0.3 is 0 Å². The van der Waals surface area contributed by atoms with Gasteiger partial charge in [-0.05, 0) is 31.1 Å². The largest absolute Gasteiger partial charge is 0.396 e. The lowest BCUT2D eigenvalue weighted by molar-refractivity contribution is -0.151. The zero-order valence-corrected chi connectivity index (χ0v) is 8.42. The fourth-order valence-electron chi connectivity index (χ4n) is 3.47. The van der Waals surface area contributed by atoms with Gasteiger partial charge in [-0.25, -0.2) is 0 Å². The Labute approximate surface area is 80.0 Å². The molecule has 2 saturated carbocycles. The fraction of sp³-hybridized carbons (Fsp3) is 1.00. The molecule has 0 aromatic rings. The van der Waals surface area contributed by atoms with E-state index in [1.165, 1.54) is 12.8 Å². The predicted molar refractivity (Wildman–Crippen MR) is 51.3 cm³/mol. The van der Waals surface area contributed by atoms with Gasteiger partial charge in [-0.3, -0.25) is 0 Å². The highest BCUT2D eigenvalue weighted by molar-refractivity contribution is 5.03. The molecule has 2 heteroatoms. The van der Waals surface area contributed by atoms with E-state index in [4.69, 9.17) is 0 Å². The number of rotatable bonds is 1. The second-order valence-corrected chi connectivity index (χ2v) is 5.28. The molecule has 2 rings (SSSR count). The van der Waals surface area contributed by atoms with Gasteiger partial charge in [0.1, 0.15) is 0 Å². The van der Waals surface area contributed by atoms with Gasteiger partial charge in [-0.2, -0.15) is 0 Å². The lowest BCUT2D eigenvalue weighted by Crippen LogP contribution is -2.54. The third kappa shape index (κ3) is 1.23. The van der Waals surface area contributed by atoms with Crippen LogP contribution in [0.15, 0.2) is 0 Å². The predicted octanol–water partition coefficient (Wildman–Crippen LogP) is 1.70. The maximum absolute atomic E-state index is 10.2. The molecule has 76 valence electrons. The molecule has 0 aromatic heterocycles. The summed E-state index contributed by atoms with van der Waals surface area (Å²) in [5.41, 5.74) is -0.0511. The van der Waals surface area contributed by atoms with Crippen molar-refractivity contribution in [3.8, 4) is 0 Å². The normalized spacial score (nSPS) is 50.5. The first-order chi connectivity index (χ1) is 6.13. The molecular formula is C11H20O2. The summed E-state index contributed by atoms with van der Waals surface area (Å²) >= 11 is 0. The van der Waals surface area contributed by atoms with Crippen LogP contribution in [0.2, 0.25) is 0 Å². The minimum absolute atomic E-state index is 0.0965. The standard InChI is InChI=1S/C11H20O2/c1-10-4-2-6-11(8-12,9(10)13)7-3-5-10/h9,12-13H,2-8H2,1H3. The van der Waals surface area contributed by atoms with Crippen LogP contribution in [-0.4, -0.2) is 22.9 Å². The number of hydrogen-bond donors (Lipinski definition) is 2. The summed E-state index contributed by atoms with van der Waals surface area (Å²) < 4.78 is 0. The van der Waals surface area contributed by atoms with Gasteiger partial charge in [0, 0.05) is 5.41 Å². The molecule has 2 N–H and O–H groups in total. The third-order valence-corrected chi connectivity index (χ3v) is 4.40. The molecule has 0 heterocycles. The number of hydrogen-bond acceptors (Lipinski definition) is 2. The lowest BCUT2D eigenvalue weighted by Gasteiger charge is -2.54. The molecule has 2 aliphatic carbocycles. The summed E-state index contributed by atoms with van der Waals surface area (Å²) in [4.78, 5) is 0. The highest BCUT2D eigenvalue weighted by Crippen LogP contribution is 2.55. The van der Waals surface area contributed by atoms with Crippen molar-refractivity contribution < 1.29 is 10.2 Å². The molecule has 13 heavy (non-hydrogen) atoms. The maximum atomic E-state index is 10.2. The van der Waals surface area contributed by atoms with Crippen molar-refractivity contribution in [1.82, 2.24) is 0 Å². The Balaban J connectivity index is 2.27. The first kappa shape index (κ1) is 9.47. The molecule has 0 saturated heterocycles. The van der Waals surface area contributed by atoms with E-state index in [2.05, 4.69) is 6.92 Å². The minimum Gasteiger partial charge on any atom is -0.396 e. The van der Waals surface area contributed by atoms with Crippen molar-refractivity contribution in [2.75, 3.05) is 6.61 Å². The van der Waals surface area contributed by atoms with Crippen molar-refractivity contribution in [2.24, 2.45) is 10.8 Å². The maximum Gasteiger partial charge on any atom is 0.0671 e. The van der Waals surface area contributed by atoms with E-state index in [9.17, 15) is 10.2 Å². The Morgan fingerprint density at radius 2 is 1.69 bits per heavy atom. The average Bonchev–Trinajstić information content (AvgIpc) is 2.09. The van der Waals surface area contributed by atoms with Crippen molar-refractivity contribution in [3.63, 3.8) is 0 Å². The lowest BCUT2D eigenvalue weighted by atomic mass is 9.54. The van der Waals surface area contributed by atoms with Crippen molar-refractivity contribution in [3.05, 3.63) is 0 Å². The van der Waals surface area contributed by atoms with E-state index in [-0.39, 0.29) is 23.5 Å². The Morgan fingerprint density at radius 1 is 1.15 bits per heavy atom. The van der Waals surface area contributed by atoms with E-state index in [1.807, 2.05) is 0 Å². The smallest absolute Gasteiger partial charge is 0.0671 e. The number of aliphatic hydroxyl groups is 2. The van der Waals surface area contributed by atoms with Crippen LogP contribution in [0.3, 0.4) is 0 Å². The molecule has 2 aliphatic rings. The highest BCUT2D eigenvalue weighted by atomic mass is 16.3. The SMILES string of the molecule is CC12CCCC(CO)(CCC1)C2O. The first-order valence-corrected chi connectivity index (χ1v) is 5.42. The van der Waals surface area contributed by atoms with Crippen LogP contribution in [0.1, 0.15) is 45.4 Å². The molecule has 0 aromatic carbocycles. The van der Waals surface area contributed by atoms with E-state index in [1.54, 1.807) is 0 Å². The van der Waals surface area contributed by atoms with Crippen molar-refractivity contribution in [1.29, 1.82) is 0 Å². The highest BCUT2D eigenvalue weighted by Gasteiger charge is 2.52. The second kappa shape index (κ2) is 2.96. The summed E-state index contributed by atoms with van der Waals surface area (Å²) in [5.74, 6) is 0. The molecule has 1 unspecified atom stereocenters. The Bertz CT molecular complexity index is 190. The van der Waals surface area contributed by atoms with E-state index in [0.29, 0.717) is 0 Å². The molecule has 1 atom stereocenters. The molecule has 0 spiro atoms. The number of fused-ring (bicyclic) bond motifs is 2. The summed E-state index contributed by atoms with van der Waals surface area (Å²) in [5, 5.41) is 19.7. The molecule has 2 nitrogen and oxygen atoms in total. The summed E-state index contributed by atoms with van der Waals surface area (Å²) in [6.07, 6.45) is 6.38. The van der Waals surface area contributed by atoms with Gasteiger partial charge in [0.15, 0.2) is 0 Å². The zero-order valence-electron chi connectivity index (χ0n) is 8.42. The van der Waals surface area contributed by atoms with Gasteiger partial charge in [0.05, 0.1) is 12.7 Å². The molecule has 2 bridgehead atoms. The topological polar surface area (TPSA) is 40.5 Å². The molecule has 0 aliphatic heterocycles. The van der Waals surface area contributed by atoms with Gasteiger partial charge in [0.25, 0.3) is 0 Å². The van der Waals surface area contributed by atoms with Gasteiger partial charge < -0.3 is 10.2 Å². The first-order valence-electron chi connectivity index (χ1n) is 5.42. The quantitative estimate of drug-likeness (QED) is 0.651. The second-order valence-electron chi connectivity index (χ2n) is 5.28. The van der Waals surface area contributed by atoms with Gasteiger partial charge in [-0.15, -0.1) is 0 Å². The van der Waals surface area contributed by atoms with Crippen LogP contribution in [-0.2, 0) is 0 Å². The molecule has 2 fully saturated rings. The Hall–Kier alpha value is -0.0800. The van der Waals surface area contributed by atoms with Crippen LogP contribution in [0.5, 0.6) is 0 Å². The van der Waals surface area contributed by atoms with E-state index >= 15 is 0 Å². The van der Waals surface area contributed by atoms with E-state index in [0.717, 1.165) is 25.7 Å². The zero-order chi connectivity index (χ0) is 9.53. The van der Waals surface area contributed by atoms with Crippen LogP contribution >= 0.6 is 0 Å². The summed E-state index contributed by atoms with van der Waals surface area (Å²) in [6, 6.07) is 0. The van der Waals surface area contributed by atoms with Gasteiger partial charge in [0.2, 0.25) is 0 Å². The van der Waals surface area contributed by atoms with E-state index < -0.39 is 0 Å². The molecule has 0 radical (unpaired) electrons. The Morgan fingerprint density at radius 3 is 2.08 bits per heavy atom. The van der Waals surface area contributed by atoms with Crippen LogP contribution in [0.4, 0.5) is 0 Å². The molecule has 0 amide bonds. The van der Waals surface area contributed by atoms with Crippen LogP contribution < -0.4 is 0 Å². The molecular weight excluding hydrogens is 164 g/mol. The monoisotopic (exact) mass is 184 g/mol. The average molecular weight is 184 g/mol. The van der Waals surface area contributed by atoms with Crippen molar-refractivity contribution >= 4 is 0 Å². The van der Waals surface area contributed by atoms with Crippen LogP contribution in [0.25, 0.3) is 0 Å².